The fraction of sp³-hybridized carbons (Fsp3) is 0.581. The molecule has 0 saturated carbocycles. The minimum atomic E-state index is -1.15. The summed E-state index contributed by atoms with van der Waals surface area (Å²) in [6, 6.07) is 8.40. The summed E-state index contributed by atoms with van der Waals surface area (Å²) >= 11 is 0. The van der Waals surface area contributed by atoms with Gasteiger partial charge in [0.1, 0.15) is 11.6 Å². The molecule has 3 amide bonds. The van der Waals surface area contributed by atoms with E-state index in [1.807, 2.05) is 37.3 Å². The zero-order valence-corrected chi connectivity index (χ0v) is 24.0. The molecule has 4 aliphatic rings. The third-order valence-corrected chi connectivity index (χ3v) is 9.21. The molecule has 5 rings (SSSR count). The van der Waals surface area contributed by atoms with E-state index < -0.39 is 29.1 Å². The number of carbonyl (C=O) groups is 3. The summed E-state index contributed by atoms with van der Waals surface area (Å²) in [7, 11) is 0. The summed E-state index contributed by atoms with van der Waals surface area (Å²) in [5.74, 6) is -2.35. The third kappa shape index (κ3) is 5.11. The molecule has 4 aliphatic heterocycles. The van der Waals surface area contributed by atoms with Gasteiger partial charge < -0.3 is 29.3 Å². The topological polar surface area (TPSA) is 103 Å². The maximum absolute atomic E-state index is 14.4. The van der Waals surface area contributed by atoms with Crippen LogP contribution in [0.3, 0.4) is 0 Å². The molecule has 2 unspecified atom stereocenters. The number of aliphatic hydroxyl groups excluding tert-OH is 1. The number of hydrogen-bond donors (Lipinski definition) is 1. The Labute approximate surface area is 242 Å². The Morgan fingerprint density at radius 1 is 1.07 bits per heavy atom. The number of fused-ring (bicyclic) bond motifs is 1. The molecule has 0 radical (unpaired) electrons. The van der Waals surface area contributed by atoms with Crippen LogP contribution in [0.2, 0.25) is 0 Å². The first-order chi connectivity index (χ1) is 19.8. The van der Waals surface area contributed by atoms with E-state index in [0.29, 0.717) is 51.4 Å². The number of carbonyl (C=O) groups excluding carboxylic acids is 3. The first-order valence-corrected chi connectivity index (χ1v) is 14.6. The monoisotopic (exact) mass is 566 g/mol. The average molecular weight is 567 g/mol. The summed E-state index contributed by atoms with van der Waals surface area (Å²) in [4.78, 5) is 50.0. The number of benzene rings is 1. The van der Waals surface area contributed by atoms with Crippen molar-refractivity contribution in [2.75, 3.05) is 70.5 Å². The van der Waals surface area contributed by atoms with Crippen LogP contribution in [0.15, 0.2) is 55.6 Å². The molecule has 0 aromatic heterocycles. The lowest BCUT2D eigenvalue weighted by atomic mass is 9.66. The van der Waals surface area contributed by atoms with Gasteiger partial charge in [-0.05, 0) is 31.9 Å². The average Bonchev–Trinajstić information content (AvgIpc) is 3.55. The van der Waals surface area contributed by atoms with Crippen molar-refractivity contribution in [1.82, 2.24) is 14.7 Å². The fourth-order valence-corrected chi connectivity index (χ4v) is 7.36. The van der Waals surface area contributed by atoms with Crippen LogP contribution >= 0.6 is 0 Å². The van der Waals surface area contributed by atoms with Gasteiger partial charge in [0, 0.05) is 51.5 Å². The second kappa shape index (κ2) is 12.1. The highest BCUT2D eigenvalue weighted by atomic mass is 16.5. The number of β-amino-alcohol motifs (C(OH)–C–C–N with tert-alkyl or cyclic N) is 1. The zero-order valence-electron chi connectivity index (χ0n) is 24.0. The lowest BCUT2D eigenvalue weighted by molar-refractivity contribution is -0.151. The largest absolute Gasteiger partial charge is 0.395 e. The highest BCUT2D eigenvalue weighted by Crippen LogP contribution is 2.63. The molecule has 4 saturated heterocycles. The Balaban J connectivity index is 1.47. The Kier molecular flexibility index (Phi) is 8.65. The number of likely N-dealkylation sites (tertiary alicyclic amines) is 1. The van der Waals surface area contributed by atoms with E-state index in [9.17, 15) is 19.5 Å². The molecule has 5 atom stereocenters. The molecule has 4 heterocycles. The van der Waals surface area contributed by atoms with E-state index in [1.54, 1.807) is 22.0 Å². The minimum Gasteiger partial charge on any atom is -0.395 e. The van der Waals surface area contributed by atoms with Gasteiger partial charge in [-0.3, -0.25) is 19.3 Å². The second-order valence-corrected chi connectivity index (χ2v) is 11.6. The number of hydrogen-bond acceptors (Lipinski definition) is 7. The lowest BCUT2D eigenvalue weighted by Crippen LogP contribution is -2.57. The van der Waals surface area contributed by atoms with Gasteiger partial charge in [0.15, 0.2) is 0 Å². The van der Waals surface area contributed by atoms with Gasteiger partial charge in [0.25, 0.3) is 0 Å². The van der Waals surface area contributed by atoms with Gasteiger partial charge in [0.2, 0.25) is 17.7 Å². The number of nitrogens with zero attached hydrogens (tertiary/aromatic N) is 4. The van der Waals surface area contributed by atoms with E-state index in [2.05, 4.69) is 18.1 Å². The summed E-state index contributed by atoms with van der Waals surface area (Å²) in [6.45, 7) is 14.0. The maximum atomic E-state index is 14.4. The number of anilines is 1. The number of aliphatic hydroxyl groups is 1. The quantitative estimate of drug-likeness (QED) is 0.381. The Bertz CT molecular complexity index is 1160. The number of ether oxygens (including phenoxy) is 2. The second-order valence-electron chi connectivity index (χ2n) is 11.6. The molecule has 0 aliphatic carbocycles. The molecule has 1 spiro atoms. The molecule has 1 aromatic rings. The van der Waals surface area contributed by atoms with Gasteiger partial charge in [-0.15, -0.1) is 13.2 Å². The fourth-order valence-electron chi connectivity index (χ4n) is 7.36. The SMILES string of the molecule is C=CCN(CCN1CCOCC1)C(=O)C1N(CCO)C(=O)[C@@H]2[C@H](C(=O)N(CC=C)c3ccccc3)[C@]3(C)CCC12O3. The Morgan fingerprint density at radius 2 is 1.78 bits per heavy atom. The molecule has 1 N–H and O–H groups in total. The van der Waals surface area contributed by atoms with Crippen molar-refractivity contribution >= 4 is 23.4 Å². The van der Waals surface area contributed by atoms with Gasteiger partial charge in [-0.1, -0.05) is 30.4 Å². The summed E-state index contributed by atoms with van der Waals surface area (Å²) < 4.78 is 12.2. The van der Waals surface area contributed by atoms with Crippen LogP contribution in [-0.2, 0) is 23.9 Å². The summed E-state index contributed by atoms with van der Waals surface area (Å²) in [5.41, 5.74) is -1.33. The summed E-state index contributed by atoms with van der Waals surface area (Å²) in [5, 5.41) is 9.94. The predicted octanol–water partition coefficient (Wildman–Crippen LogP) is 1.31. The lowest BCUT2D eigenvalue weighted by Gasteiger charge is -2.37. The van der Waals surface area contributed by atoms with Gasteiger partial charge in [-0.2, -0.15) is 0 Å². The van der Waals surface area contributed by atoms with E-state index >= 15 is 0 Å². The zero-order chi connectivity index (χ0) is 29.2. The van der Waals surface area contributed by atoms with Crippen LogP contribution in [0.5, 0.6) is 0 Å². The Morgan fingerprint density at radius 3 is 2.44 bits per heavy atom. The van der Waals surface area contributed by atoms with Crippen molar-refractivity contribution in [3.05, 3.63) is 55.6 Å². The minimum absolute atomic E-state index is 0.00503. The molecular formula is C31H42N4O6. The summed E-state index contributed by atoms with van der Waals surface area (Å²) in [6.07, 6.45) is 4.39. The van der Waals surface area contributed by atoms with E-state index in [1.165, 1.54) is 4.90 Å². The molecule has 4 fully saturated rings. The van der Waals surface area contributed by atoms with Gasteiger partial charge in [0.05, 0.1) is 37.3 Å². The maximum Gasteiger partial charge on any atom is 0.248 e. The van der Waals surface area contributed by atoms with Crippen molar-refractivity contribution in [1.29, 1.82) is 0 Å². The van der Waals surface area contributed by atoms with E-state index in [0.717, 1.165) is 13.1 Å². The smallest absolute Gasteiger partial charge is 0.248 e. The molecule has 222 valence electrons. The van der Waals surface area contributed by atoms with Crippen LogP contribution in [-0.4, -0.2) is 120 Å². The van der Waals surface area contributed by atoms with E-state index in [-0.39, 0.29) is 37.4 Å². The number of para-hydroxylation sites is 1. The molecule has 10 nitrogen and oxygen atoms in total. The standard InChI is InChI=1S/C31H42N4O6/c1-4-13-33(16-15-32-18-21-40-22-19-32)29(39)26-31-12-11-30(3,41-31)24(25(31)28(38)35(26)17-20-36)27(37)34(14-5-2)23-9-7-6-8-10-23/h4-10,24-26,36H,1-2,11-22H2,3H3/t24-,25+,26?,30+,31?/m1/s1. The molecule has 1 aromatic carbocycles. The van der Waals surface area contributed by atoms with Crippen LogP contribution in [0.4, 0.5) is 5.69 Å². The number of amides is 3. The van der Waals surface area contributed by atoms with Crippen molar-refractivity contribution in [2.45, 2.75) is 37.0 Å². The first-order valence-electron chi connectivity index (χ1n) is 14.6. The van der Waals surface area contributed by atoms with Crippen molar-refractivity contribution in [2.24, 2.45) is 11.8 Å². The highest BCUT2D eigenvalue weighted by Gasteiger charge is 2.78. The van der Waals surface area contributed by atoms with Crippen LogP contribution in [0, 0.1) is 11.8 Å². The predicted molar refractivity (Wildman–Crippen MR) is 154 cm³/mol. The van der Waals surface area contributed by atoms with Crippen LogP contribution in [0.1, 0.15) is 19.8 Å². The molecule has 10 heteroatoms. The van der Waals surface area contributed by atoms with Crippen LogP contribution in [0.25, 0.3) is 0 Å². The van der Waals surface area contributed by atoms with Crippen molar-refractivity contribution in [3.8, 4) is 0 Å². The molecular weight excluding hydrogens is 524 g/mol. The molecule has 41 heavy (non-hydrogen) atoms. The number of morpholine rings is 1. The number of rotatable bonds is 12. The Hall–Kier alpha value is -3.05. The first kappa shape index (κ1) is 29.4. The van der Waals surface area contributed by atoms with Crippen molar-refractivity contribution < 1.29 is 29.0 Å². The van der Waals surface area contributed by atoms with E-state index in [4.69, 9.17) is 9.47 Å². The highest BCUT2D eigenvalue weighted by molar-refractivity contribution is 6.03. The normalized spacial score (nSPS) is 30.7. The van der Waals surface area contributed by atoms with Gasteiger partial charge in [-0.25, -0.2) is 0 Å². The molecule has 2 bridgehead atoms. The van der Waals surface area contributed by atoms with Crippen molar-refractivity contribution in [3.63, 3.8) is 0 Å². The third-order valence-electron chi connectivity index (χ3n) is 9.21. The van der Waals surface area contributed by atoms with Gasteiger partial charge >= 0.3 is 0 Å². The van der Waals surface area contributed by atoms with Crippen LogP contribution < -0.4 is 4.90 Å².